The molecule has 0 radical (unpaired) electrons. The molecule has 0 aliphatic carbocycles. The number of aryl methyl sites for hydroxylation is 1. The molecule has 9 nitrogen and oxygen atoms in total. The first-order valence-electron chi connectivity index (χ1n) is 10.7. The van der Waals surface area contributed by atoms with Crippen molar-refractivity contribution in [3.05, 3.63) is 53.2 Å². The van der Waals surface area contributed by atoms with E-state index in [1.807, 2.05) is 24.3 Å². The summed E-state index contributed by atoms with van der Waals surface area (Å²) in [5.74, 6) is 0.322. The molecule has 34 heavy (non-hydrogen) atoms. The lowest BCUT2D eigenvalue weighted by atomic mass is 10.1. The average molecular weight is 475 g/mol. The maximum Gasteiger partial charge on any atom is 0.259 e. The molecule has 0 saturated heterocycles. The molecule has 1 aliphatic rings. The molecule has 4 heterocycles. The van der Waals surface area contributed by atoms with Gasteiger partial charge in [0, 0.05) is 42.2 Å². The molecule has 3 N–H and O–H groups in total. The van der Waals surface area contributed by atoms with Crippen molar-refractivity contribution in [3.8, 4) is 17.0 Å². The molecule has 10 heteroatoms. The molecule has 3 aromatic heterocycles. The molecule has 5 rings (SSSR count). The molecule has 0 spiro atoms. The highest BCUT2D eigenvalue weighted by Crippen LogP contribution is 2.41. The number of carbonyl (C=O) groups excluding carboxylic acids is 2. The van der Waals surface area contributed by atoms with Crippen LogP contribution in [-0.4, -0.2) is 40.9 Å². The highest BCUT2D eigenvalue weighted by molar-refractivity contribution is 7.21. The topological polar surface area (TPSA) is 123 Å². The van der Waals surface area contributed by atoms with Gasteiger partial charge >= 0.3 is 0 Å². The first kappa shape index (κ1) is 21.8. The summed E-state index contributed by atoms with van der Waals surface area (Å²) >= 11 is 1.23. The third kappa shape index (κ3) is 3.81. The van der Waals surface area contributed by atoms with E-state index in [1.165, 1.54) is 18.4 Å². The van der Waals surface area contributed by atoms with Crippen LogP contribution in [-0.2, 0) is 11.2 Å². The number of hydrogen-bond acceptors (Lipinski definition) is 8. The Morgan fingerprint density at radius 3 is 2.88 bits per heavy atom. The number of pyridine rings is 1. The van der Waals surface area contributed by atoms with Gasteiger partial charge in [-0.15, -0.1) is 11.3 Å². The summed E-state index contributed by atoms with van der Waals surface area (Å²) in [6.07, 6.45) is 5.45. The Balaban J connectivity index is 1.57. The second-order valence-corrected chi connectivity index (χ2v) is 8.96. The summed E-state index contributed by atoms with van der Waals surface area (Å²) in [5, 5.41) is 3.25. The van der Waals surface area contributed by atoms with Gasteiger partial charge in [-0.25, -0.2) is 15.0 Å². The van der Waals surface area contributed by atoms with Gasteiger partial charge < -0.3 is 20.7 Å². The number of rotatable bonds is 5. The normalized spacial score (nSPS) is 13.5. The summed E-state index contributed by atoms with van der Waals surface area (Å²) in [7, 11) is 3.33. The van der Waals surface area contributed by atoms with Crippen molar-refractivity contribution in [3.63, 3.8) is 0 Å². The summed E-state index contributed by atoms with van der Waals surface area (Å²) in [6, 6.07) is 9.44. The fourth-order valence-corrected chi connectivity index (χ4v) is 5.15. The van der Waals surface area contributed by atoms with E-state index >= 15 is 0 Å². The third-order valence-electron chi connectivity index (χ3n) is 5.80. The van der Waals surface area contributed by atoms with E-state index in [9.17, 15) is 9.59 Å². The minimum atomic E-state index is -0.553. The Labute approximate surface area is 199 Å². The highest BCUT2D eigenvalue weighted by atomic mass is 32.1. The Kier molecular flexibility index (Phi) is 5.58. The van der Waals surface area contributed by atoms with Crippen LogP contribution in [0.2, 0.25) is 0 Å². The monoisotopic (exact) mass is 474 g/mol. The van der Waals surface area contributed by atoms with Gasteiger partial charge in [0.15, 0.2) is 0 Å². The SMILES string of the molecule is COc1ncccc1-c1c(C(N)=O)sc2cnc(Nc3ccc4c(c3)CCCC(=O)N4C)nc12. The Hall–Kier alpha value is -4.05. The standard InChI is InChI=1S/C24H22N6O3S/c1-30-16-9-8-14(11-13(16)5-3-7-18(30)31)28-24-27-12-17-20(29-24)19(21(34-17)22(25)32)15-6-4-10-26-23(15)33-2/h4,6,8-12H,3,5,7H2,1-2H3,(H2,25,32)(H,27,28,29). The molecular weight excluding hydrogens is 452 g/mol. The molecule has 0 saturated carbocycles. The number of primary amides is 1. The van der Waals surface area contributed by atoms with Crippen molar-refractivity contribution in [2.45, 2.75) is 19.3 Å². The Morgan fingerprint density at radius 1 is 1.24 bits per heavy atom. The molecule has 0 unspecified atom stereocenters. The van der Waals surface area contributed by atoms with Crippen molar-refractivity contribution in [1.29, 1.82) is 0 Å². The smallest absolute Gasteiger partial charge is 0.259 e. The fourth-order valence-electron chi connectivity index (χ4n) is 4.17. The van der Waals surface area contributed by atoms with Crippen LogP contribution in [0.4, 0.5) is 17.3 Å². The molecule has 1 aliphatic heterocycles. The third-order valence-corrected chi connectivity index (χ3v) is 6.92. The van der Waals surface area contributed by atoms with Gasteiger partial charge in [-0.05, 0) is 48.7 Å². The van der Waals surface area contributed by atoms with E-state index in [1.54, 1.807) is 30.4 Å². The lowest BCUT2D eigenvalue weighted by molar-refractivity contribution is -0.118. The van der Waals surface area contributed by atoms with E-state index in [4.69, 9.17) is 15.5 Å². The van der Waals surface area contributed by atoms with Crippen LogP contribution in [0.1, 0.15) is 28.1 Å². The van der Waals surface area contributed by atoms with E-state index < -0.39 is 5.91 Å². The van der Waals surface area contributed by atoms with Gasteiger partial charge in [0.2, 0.25) is 17.7 Å². The van der Waals surface area contributed by atoms with Crippen LogP contribution < -0.4 is 20.7 Å². The second kappa shape index (κ2) is 8.71. The number of aromatic nitrogens is 3. The van der Waals surface area contributed by atoms with Crippen molar-refractivity contribution >= 4 is 50.7 Å². The number of nitrogens with two attached hydrogens (primary N) is 1. The molecular formula is C24H22N6O3S. The number of nitrogens with zero attached hydrogens (tertiary/aromatic N) is 4. The van der Waals surface area contributed by atoms with E-state index in [0.29, 0.717) is 39.8 Å². The summed E-state index contributed by atoms with van der Waals surface area (Å²) in [5.41, 5.74) is 10.3. The quantitative estimate of drug-likeness (QED) is 0.449. The Bertz CT molecular complexity index is 1430. The Morgan fingerprint density at radius 2 is 2.09 bits per heavy atom. The summed E-state index contributed by atoms with van der Waals surface area (Å²) < 4.78 is 6.14. The molecule has 4 aromatic rings. The number of carbonyl (C=O) groups is 2. The van der Waals surface area contributed by atoms with E-state index in [-0.39, 0.29) is 5.91 Å². The molecule has 0 atom stereocenters. The summed E-state index contributed by atoms with van der Waals surface area (Å²) in [6.45, 7) is 0. The van der Waals surface area contributed by atoms with Crippen molar-refractivity contribution in [1.82, 2.24) is 15.0 Å². The predicted molar refractivity (Wildman–Crippen MR) is 132 cm³/mol. The number of hydrogen-bond donors (Lipinski definition) is 2. The zero-order valence-corrected chi connectivity index (χ0v) is 19.5. The lowest BCUT2D eigenvalue weighted by Crippen LogP contribution is -2.24. The van der Waals surface area contributed by atoms with Crippen LogP contribution in [0.3, 0.4) is 0 Å². The van der Waals surface area contributed by atoms with Crippen LogP contribution >= 0.6 is 11.3 Å². The number of methoxy groups -OCH3 is 1. The fraction of sp³-hybridized carbons (Fsp3) is 0.208. The van der Waals surface area contributed by atoms with Crippen LogP contribution in [0, 0.1) is 0 Å². The first-order valence-corrected chi connectivity index (χ1v) is 11.5. The number of nitrogens with one attached hydrogen (secondary N) is 1. The van der Waals surface area contributed by atoms with E-state index in [2.05, 4.69) is 15.3 Å². The minimum Gasteiger partial charge on any atom is -0.481 e. The van der Waals surface area contributed by atoms with Crippen LogP contribution in [0.15, 0.2) is 42.7 Å². The van der Waals surface area contributed by atoms with E-state index in [0.717, 1.165) is 34.5 Å². The molecule has 0 fully saturated rings. The van der Waals surface area contributed by atoms with Gasteiger partial charge in [0.05, 0.1) is 23.5 Å². The number of amides is 2. The molecule has 0 bridgehead atoms. The van der Waals surface area contributed by atoms with Crippen molar-refractivity contribution in [2.75, 3.05) is 24.4 Å². The van der Waals surface area contributed by atoms with Gasteiger partial charge in [-0.3, -0.25) is 9.59 Å². The number of thiophene rings is 1. The van der Waals surface area contributed by atoms with Crippen molar-refractivity contribution < 1.29 is 14.3 Å². The van der Waals surface area contributed by atoms with Gasteiger partial charge in [-0.2, -0.15) is 0 Å². The zero-order chi connectivity index (χ0) is 23.8. The molecule has 172 valence electrons. The van der Waals surface area contributed by atoms with Gasteiger partial charge in [0.1, 0.15) is 4.88 Å². The largest absolute Gasteiger partial charge is 0.481 e. The first-order chi connectivity index (χ1) is 16.5. The zero-order valence-electron chi connectivity index (χ0n) is 18.7. The number of fused-ring (bicyclic) bond motifs is 2. The second-order valence-electron chi connectivity index (χ2n) is 7.91. The van der Waals surface area contributed by atoms with Gasteiger partial charge in [0.25, 0.3) is 5.91 Å². The highest BCUT2D eigenvalue weighted by Gasteiger charge is 2.23. The van der Waals surface area contributed by atoms with Gasteiger partial charge in [-0.1, -0.05) is 0 Å². The lowest BCUT2D eigenvalue weighted by Gasteiger charge is -2.18. The molecule has 1 aromatic carbocycles. The van der Waals surface area contributed by atoms with Crippen LogP contribution in [0.5, 0.6) is 5.88 Å². The molecule has 2 amide bonds. The minimum absolute atomic E-state index is 0.120. The maximum absolute atomic E-state index is 12.2. The number of anilines is 3. The average Bonchev–Trinajstić information content (AvgIpc) is 3.16. The number of benzene rings is 1. The summed E-state index contributed by atoms with van der Waals surface area (Å²) in [4.78, 5) is 39.9. The maximum atomic E-state index is 12.2. The number of ether oxygens (including phenoxy) is 1. The predicted octanol–water partition coefficient (Wildman–Crippen LogP) is 3.90. The van der Waals surface area contributed by atoms with Crippen LogP contribution in [0.25, 0.3) is 21.3 Å². The van der Waals surface area contributed by atoms with Crippen molar-refractivity contribution in [2.24, 2.45) is 5.73 Å².